The maximum Gasteiger partial charge on any atom is 0.416 e. The van der Waals surface area contributed by atoms with E-state index >= 15 is 0 Å². The number of aromatic nitrogens is 3. The number of benzene rings is 2. The molecule has 1 amide bonds. The summed E-state index contributed by atoms with van der Waals surface area (Å²) < 4.78 is 42.4. The number of carbonyl (C=O) groups excluding carboxylic acids is 1. The molecule has 1 N–H and O–H groups in total. The number of aryl methyl sites for hydroxylation is 1. The lowest BCUT2D eigenvalue weighted by molar-refractivity contribution is -0.137. The summed E-state index contributed by atoms with van der Waals surface area (Å²) in [4.78, 5) is 14.7. The summed E-state index contributed by atoms with van der Waals surface area (Å²) in [6.07, 6.45) is -2.57. The van der Waals surface area contributed by atoms with Gasteiger partial charge in [0.15, 0.2) is 5.65 Å². The third kappa shape index (κ3) is 3.15. The van der Waals surface area contributed by atoms with Crippen LogP contribution >= 0.6 is 0 Å². The third-order valence-corrected chi connectivity index (χ3v) is 6.22. The van der Waals surface area contributed by atoms with Gasteiger partial charge in [-0.1, -0.05) is 0 Å². The van der Waals surface area contributed by atoms with Crippen molar-refractivity contribution < 1.29 is 23.1 Å². The quantitative estimate of drug-likeness (QED) is 0.508. The van der Waals surface area contributed by atoms with Crippen LogP contribution in [0.1, 0.15) is 29.3 Å². The molecule has 3 heterocycles. The second kappa shape index (κ2) is 7.09. The smallest absolute Gasteiger partial charge is 0.391 e. The highest BCUT2D eigenvalue weighted by atomic mass is 19.4. The monoisotopic (exact) mass is 442 g/mol. The molecule has 32 heavy (non-hydrogen) atoms. The molecule has 4 aromatic rings. The largest absolute Gasteiger partial charge is 0.416 e. The van der Waals surface area contributed by atoms with Gasteiger partial charge in [0.05, 0.1) is 23.2 Å². The van der Waals surface area contributed by atoms with Gasteiger partial charge in [0.25, 0.3) is 5.91 Å². The van der Waals surface area contributed by atoms with Gasteiger partial charge in [-0.2, -0.15) is 18.3 Å². The molecule has 1 fully saturated rings. The molecule has 5 rings (SSSR count). The van der Waals surface area contributed by atoms with Crippen LogP contribution in [0.15, 0.2) is 48.7 Å². The average molecular weight is 442 g/mol. The fourth-order valence-corrected chi connectivity index (χ4v) is 4.46. The standard InChI is InChI=1S/C23H21F3N4O2/c1-13-20(31)9-10-29(13)22(32)14-3-8-19-17(11-14)18-12-28(2)27-21(18)30(19)16-6-4-15(5-7-16)23(24,25)26/h3-8,11-13,20,31H,9-10H2,1-2H3/t13-,20-/m1/s1. The summed E-state index contributed by atoms with van der Waals surface area (Å²) in [7, 11) is 1.77. The van der Waals surface area contributed by atoms with E-state index in [-0.39, 0.29) is 11.9 Å². The molecule has 166 valence electrons. The summed E-state index contributed by atoms with van der Waals surface area (Å²) in [6, 6.07) is 9.97. The lowest BCUT2D eigenvalue weighted by Crippen LogP contribution is -2.37. The molecule has 0 unspecified atom stereocenters. The number of halogens is 3. The van der Waals surface area contributed by atoms with Crippen molar-refractivity contribution in [1.29, 1.82) is 0 Å². The van der Waals surface area contributed by atoms with E-state index in [1.807, 2.05) is 13.1 Å². The first-order valence-electron chi connectivity index (χ1n) is 10.3. The Bertz CT molecular complexity index is 1340. The minimum atomic E-state index is -4.41. The fourth-order valence-electron chi connectivity index (χ4n) is 4.46. The molecule has 1 aliphatic rings. The van der Waals surface area contributed by atoms with Crippen LogP contribution in [0.2, 0.25) is 0 Å². The van der Waals surface area contributed by atoms with E-state index in [1.165, 1.54) is 12.1 Å². The van der Waals surface area contributed by atoms with E-state index in [2.05, 4.69) is 5.10 Å². The van der Waals surface area contributed by atoms with Crippen LogP contribution in [0.5, 0.6) is 0 Å². The second-order valence-electron chi connectivity index (χ2n) is 8.25. The molecular formula is C23H21F3N4O2. The van der Waals surface area contributed by atoms with Crippen LogP contribution in [0.3, 0.4) is 0 Å². The summed E-state index contributed by atoms with van der Waals surface area (Å²) in [6.45, 7) is 2.32. The first-order chi connectivity index (χ1) is 15.1. The zero-order valence-electron chi connectivity index (χ0n) is 17.5. The third-order valence-electron chi connectivity index (χ3n) is 6.22. The van der Waals surface area contributed by atoms with Gasteiger partial charge >= 0.3 is 6.18 Å². The topological polar surface area (TPSA) is 63.3 Å². The van der Waals surface area contributed by atoms with Crippen molar-refractivity contribution >= 4 is 27.8 Å². The van der Waals surface area contributed by atoms with Crippen LogP contribution in [0.4, 0.5) is 13.2 Å². The van der Waals surface area contributed by atoms with Crippen molar-refractivity contribution in [3.63, 3.8) is 0 Å². The van der Waals surface area contributed by atoms with E-state index in [9.17, 15) is 23.1 Å². The predicted octanol–water partition coefficient (Wildman–Crippen LogP) is 4.13. The highest BCUT2D eigenvalue weighted by Gasteiger charge is 2.33. The van der Waals surface area contributed by atoms with E-state index in [0.29, 0.717) is 29.9 Å². The molecule has 1 saturated heterocycles. The molecule has 0 aliphatic carbocycles. The zero-order chi connectivity index (χ0) is 22.8. The Hall–Kier alpha value is -3.33. The minimum Gasteiger partial charge on any atom is -0.391 e. The molecule has 2 atom stereocenters. The number of rotatable bonds is 2. The number of hydrogen-bond acceptors (Lipinski definition) is 3. The van der Waals surface area contributed by atoms with Crippen molar-refractivity contribution in [3.05, 3.63) is 59.8 Å². The lowest BCUT2D eigenvalue weighted by Gasteiger charge is -2.22. The SMILES string of the molecule is C[C@@H]1[C@H](O)CCN1C(=O)c1ccc2c(c1)c1cn(C)nc1n2-c1ccc(C(F)(F)F)cc1. The predicted molar refractivity (Wildman–Crippen MR) is 114 cm³/mol. The highest BCUT2D eigenvalue weighted by molar-refractivity contribution is 6.10. The Morgan fingerprint density at radius 2 is 1.84 bits per heavy atom. The van der Waals surface area contributed by atoms with Gasteiger partial charge in [0.1, 0.15) is 0 Å². The van der Waals surface area contributed by atoms with Crippen LogP contribution in [0.25, 0.3) is 27.6 Å². The van der Waals surface area contributed by atoms with Gasteiger partial charge in [-0.25, -0.2) is 0 Å². The number of nitrogens with zero attached hydrogens (tertiary/aromatic N) is 4. The van der Waals surface area contributed by atoms with Crippen LogP contribution in [-0.4, -0.2) is 49.0 Å². The highest BCUT2D eigenvalue weighted by Crippen LogP contribution is 2.34. The van der Waals surface area contributed by atoms with E-state index in [0.717, 1.165) is 28.4 Å². The van der Waals surface area contributed by atoms with Gasteiger partial charge in [-0.3, -0.25) is 14.0 Å². The van der Waals surface area contributed by atoms with Crippen LogP contribution in [-0.2, 0) is 13.2 Å². The van der Waals surface area contributed by atoms with Crippen LogP contribution < -0.4 is 0 Å². The molecule has 0 spiro atoms. The molecule has 2 aromatic heterocycles. The van der Waals surface area contributed by atoms with Crippen molar-refractivity contribution in [2.75, 3.05) is 6.54 Å². The number of hydrogen-bond donors (Lipinski definition) is 1. The number of carbonyl (C=O) groups is 1. The maximum absolute atomic E-state index is 13.1. The molecule has 0 saturated carbocycles. The Morgan fingerprint density at radius 3 is 2.47 bits per heavy atom. The van der Waals surface area contributed by atoms with Crippen molar-refractivity contribution in [2.45, 2.75) is 31.7 Å². The van der Waals surface area contributed by atoms with Crippen molar-refractivity contribution in [3.8, 4) is 5.69 Å². The first kappa shape index (κ1) is 20.6. The average Bonchev–Trinajstić information content (AvgIpc) is 3.38. The Labute approximate surface area is 181 Å². The number of amides is 1. The molecule has 0 radical (unpaired) electrons. The number of fused-ring (bicyclic) bond motifs is 3. The van der Waals surface area contributed by atoms with E-state index in [1.54, 1.807) is 39.4 Å². The van der Waals surface area contributed by atoms with Gasteiger partial charge in [-0.05, 0) is 55.8 Å². The van der Waals surface area contributed by atoms with Crippen molar-refractivity contribution in [2.24, 2.45) is 7.05 Å². The molecule has 6 nitrogen and oxygen atoms in total. The number of aliphatic hydroxyl groups is 1. The number of likely N-dealkylation sites (tertiary alicyclic amines) is 1. The molecule has 0 bridgehead atoms. The minimum absolute atomic E-state index is 0.157. The summed E-state index contributed by atoms with van der Waals surface area (Å²) in [5, 5.41) is 16.1. The summed E-state index contributed by atoms with van der Waals surface area (Å²) in [5.41, 5.74) is 1.66. The summed E-state index contributed by atoms with van der Waals surface area (Å²) in [5.74, 6) is -0.157. The molecular weight excluding hydrogens is 421 g/mol. The molecule has 2 aromatic carbocycles. The lowest BCUT2D eigenvalue weighted by atomic mass is 10.1. The normalized spacial score (nSPS) is 19.4. The first-order valence-corrected chi connectivity index (χ1v) is 10.3. The van der Waals surface area contributed by atoms with E-state index in [4.69, 9.17) is 0 Å². The Kier molecular flexibility index (Phi) is 4.56. The van der Waals surface area contributed by atoms with Gasteiger partial charge in [-0.15, -0.1) is 0 Å². The van der Waals surface area contributed by atoms with Gasteiger partial charge in [0, 0.05) is 41.8 Å². The molecule has 9 heteroatoms. The molecule has 1 aliphatic heterocycles. The van der Waals surface area contributed by atoms with Gasteiger partial charge in [0.2, 0.25) is 0 Å². The Balaban J connectivity index is 1.64. The maximum atomic E-state index is 13.1. The zero-order valence-corrected chi connectivity index (χ0v) is 17.5. The summed E-state index contributed by atoms with van der Waals surface area (Å²) >= 11 is 0. The number of alkyl halides is 3. The fraction of sp³-hybridized carbons (Fsp3) is 0.304. The van der Waals surface area contributed by atoms with E-state index < -0.39 is 17.8 Å². The Morgan fingerprint density at radius 1 is 1.12 bits per heavy atom. The van der Waals surface area contributed by atoms with Gasteiger partial charge < -0.3 is 10.0 Å². The number of aliphatic hydroxyl groups excluding tert-OH is 1. The van der Waals surface area contributed by atoms with Crippen LogP contribution in [0, 0.1) is 0 Å². The second-order valence-corrected chi connectivity index (χ2v) is 8.25. The van der Waals surface area contributed by atoms with Crippen molar-refractivity contribution in [1.82, 2.24) is 19.2 Å².